The second-order valence-electron chi connectivity index (χ2n) is 7.09. The fourth-order valence-corrected chi connectivity index (χ4v) is 3.36. The number of unbranched alkanes of at least 4 members (excludes halogenated alkanes) is 5. The summed E-state index contributed by atoms with van der Waals surface area (Å²) in [6, 6.07) is 9.76. The Morgan fingerprint density at radius 2 is 1.84 bits per heavy atom. The summed E-state index contributed by atoms with van der Waals surface area (Å²) in [5, 5.41) is 0. The fraction of sp³-hybridized carbons (Fsp3) is 0.619. The molecule has 1 fully saturated rings. The first-order valence-electron chi connectivity index (χ1n) is 9.67. The number of nitrogens with zero attached hydrogens (tertiary/aromatic N) is 1. The van der Waals surface area contributed by atoms with E-state index in [0.717, 1.165) is 24.8 Å². The lowest BCUT2D eigenvalue weighted by atomic mass is 9.99. The highest BCUT2D eigenvalue weighted by atomic mass is 16.6. The number of hydrogen-bond donors (Lipinski definition) is 0. The van der Waals surface area contributed by atoms with Crippen molar-refractivity contribution in [2.75, 3.05) is 6.61 Å². The van der Waals surface area contributed by atoms with Crippen LogP contribution in [-0.2, 0) is 16.0 Å². The second kappa shape index (κ2) is 10.2. The predicted octanol–water partition coefficient (Wildman–Crippen LogP) is 4.96. The molecule has 1 saturated heterocycles. The molecule has 0 aliphatic carbocycles. The molecule has 0 radical (unpaired) electrons. The summed E-state index contributed by atoms with van der Waals surface area (Å²) < 4.78 is 5.16. The van der Waals surface area contributed by atoms with Crippen molar-refractivity contribution in [3.63, 3.8) is 0 Å². The van der Waals surface area contributed by atoms with Crippen LogP contribution < -0.4 is 0 Å². The summed E-state index contributed by atoms with van der Waals surface area (Å²) in [6.45, 7) is 4.44. The normalized spacial score (nSPS) is 18.2. The summed E-state index contributed by atoms with van der Waals surface area (Å²) in [4.78, 5) is 26.2. The van der Waals surface area contributed by atoms with Crippen molar-refractivity contribution >= 4 is 12.0 Å². The van der Waals surface area contributed by atoms with Gasteiger partial charge in [-0.05, 0) is 18.4 Å². The van der Waals surface area contributed by atoms with Gasteiger partial charge in [0.1, 0.15) is 6.61 Å². The van der Waals surface area contributed by atoms with Gasteiger partial charge in [-0.2, -0.15) is 0 Å². The number of rotatable bonds is 10. The molecule has 0 saturated carbocycles. The Labute approximate surface area is 151 Å². The average molecular weight is 345 g/mol. The van der Waals surface area contributed by atoms with Gasteiger partial charge in [-0.25, -0.2) is 9.69 Å². The lowest BCUT2D eigenvalue weighted by molar-refractivity contribution is -0.133. The first-order chi connectivity index (χ1) is 12.1. The highest BCUT2D eigenvalue weighted by Crippen LogP contribution is 2.22. The van der Waals surface area contributed by atoms with Gasteiger partial charge in [0.25, 0.3) is 0 Å². The third-order valence-electron chi connectivity index (χ3n) is 4.92. The zero-order chi connectivity index (χ0) is 18.1. The Morgan fingerprint density at radius 3 is 2.56 bits per heavy atom. The third kappa shape index (κ3) is 5.87. The predicted molar refractivity (Wildman–Crippen MR) is 99.3 cm³/mol. The van der Waals surface area contributed by atoms with E-state index in [4.69, 9.17) is 4.74 Å². The summed E-state index contributed by atoms with van der Waals surface area (Å²) in [6.07, 6.45) is 8.26. The smallest absolute Gasteiger partial charge is 0.416 e. The number of cyclic esters (lactones) is 1. The molecule has 2 rings (SSSR count). The van der Waals surface area contributed by atoms with Crippen LogP contribution in [-0.4, -0.2) is 29.5 Å². The summed E-state index contributed by atoms with van der Waals surface area (Å²) in [7, 11) is 0. The van der Waals surface area contributed by atoms with Gasteiger partial charge in [0.2, 0.25) is 5.91 Å². The van der Waals surface area contributed by atoms with Crippen molar-refractivity contribution in [2.24, 2.45) is 5.92 Å². The van der Waals surface area contributed by atoms with E-state index in [1.54, 1.807) is 0 Å². The fourth-order valence-electron chi connectivity index (χ4n) is 3.36. The molecule has 0 spiro atoms. The van der Waals surface area contributed by atoms with E-state index in [-0.39, 0.29) is 17.9 Å². The highest BCUT2D eigenvalue weighted by Gasteiger charge is 2.39. The van der Waals surface area contributed by atoms with Gasteiger partial charge < -0.3 is 4.74 Å². The molecule has 1 heterocycles. The highest BCUT2D eigenvalue weighted by molar-refractivity contribution is 5.94. The van der Waals surface area contributed by atoms with E-state index in [0.29, 0.717) is 13.0 Å². The quantitative estimate of drug-likeness (QED) is 0.563. The number of hydrogen-bond acceptors (Lipinski definition) is 3. The number of amides is 2. The van der Waals surface area contributed by atoms with Crippen molar-refractivity contribution in [1.29, 1.82) is 0 Å². The summed E-state index contributed by atoms with van der Waals surface area (Å²) >= 11 is 0. The monoisotopic (exact) mass is 345 g/mol. The zero-order valence-corrected chi connectivity index (χ0v) is 15.6. The SMILES string of the molecule is CCCCCCCC[C@@H](C)C(=O)N1C(=O)OC[C@H]1Cc1ccccc1. The molecule has 4 heteroatoms. The Bertz CT molecular complexity index is 543. The maximum atomic E-state index is 12.7. The van der Waals surface area contributed by atoms with Gasteiger partial charge in [-0.1, -0.05) is 82.7 Å². The molecule has 0 bridgehead atoms. The van der Waals surface area contributed by atoms with Crippen molar-refractivity contribution in [1.82, 2.24) is 4.90 Å². The van der Waals surface area contributed by atoms with Crippen LogP contribution in [0.5, 0.6) is 0 Å². The van der Waals surface area contributed by atoms with E-state index in [1.165, 1.54) is 30.6 Å². The molecule has 0 aromatic heterocycles. The van der Waals surface area contributed by atoms with Crippen molar-refractivity contribution in [2.45, 2.75) is 71.3 Å². The molecule has 2 amide bonds. The first-order valence-corrected chi connectivity index (χ1v) is 9.67. The molecule has 1 aromatic carbocycles. The average Bonchev–Trinajstić information content (AvgIpc) is 2.98. The minimum Gasteiger partial charge on any atom is -0.447 e. The topological polar surface area (TPSA) is 46.6 Å². The van der Waals surface area contributed by atoms with Crippen molar-refractivity contribution < 1.29 is 14.3 Å². The third-order valence-corrected chi connectivity index (χ3v) is 4.92. The van der Waals surface area contributed by atoms with Crippen LogP contribution in [0.1, 0.15) is 64.4 Å². The standard InChI is InChI=1S/C21H31NO3/c1-3-4-5-6-7-9-12-17(2)20(23)22-19(16-25-21(22)24)15-18-13-10-8-11-14-18/h8,10-11,13-14,17,19H,3-7,9,12,15-16H2,1-2H3/t17-,19-/m1/s1. The van der Waals surface area contributed by atoms with Gasteiger partial charge in [0.15, 0.2) is 0 Å². The largest absolute Gasteiger partial charge is 0.447 e. The Hall–Kier alpha value is -1.84. The number of carbonyl (C=O) groups is 2. The second-order valence-corrected chi connectivity index (χ2v) is 7.09. The Morgan fingerprint density at radius 1 is 1.16 bits per heavy atom. The van der Waals surface area contributed by atoms with E-state index in [2.05, 4.69) is 6.92 Å². The maximum Gasteiger partial charge on any atom is 0.416 e. The molecule has 1 aliphatic heterocycles. The van der Waals surface area contributed by atoms with Crippen LogP contribution in [0.25, 0.3) is 0 Å². The van der Waals surface area contributed by atoms with E-state index < -0.39 is 6.09 Å². The maximum absolute atomic E-state index is 12.7. The molecule has 138 valence electrons. The molecular weight excluding hydrogens is 314 g/mol. The molecule has 4 nitrogen and oxygen atoms in total. The van der Waals surface area contributed by atoms with Gasteiger partial charge in [0.05, 0.1) is 6.04 Å². The van der Waals surface area contributed by atoms with E-state index >= 15 is 0 Å². The minimum absolute atomic E-state index is 0.0861. The van der Waals surface area contributed by atoms with E-state index in [9.17, 15) is 9.59 Å². The minimum atomic E-state index is -0.485. The molecule has 25 heavy (non-hydrogen) atoms. The van der Waals surface area contributed by atoms with Crippen LogP contribution in [0.15, 0.2) is 30.3 Å². The molecule has 1 aliphatic rings. The first kappa shape index (κ1) is 19.5. The van der Waals surface area contributed by atoms with E-state index in [1.807, 2.05) is 37.3 Å². The number of ether oxygens (including phenoxy) is 1. The lowest BCUT2D eigenvalue weighted by Crippen LogP contribution is -2.43. The zero-order valence-electron chi connectivity index (χ0n) is 15.6. The van der Waals surface area contributed by atoms with Crippen molar-refractivity contribution in [3.8, 4) is 0 Å². The number of carbonyl (C=O) groups excluding carboxylic acids is 2. The Kier molecular flexibility index (Phi) is 7.96. The number of imide groups is 1. The lowest BCUT2D eigenvalue weighted by Gasteiger charge is -2.23. The van der Waals surface area contributed by atoms with Crippen LogP contribution in [0.4, 0.5) is 4.79 Å². The van der Waals surface area contributed by atoms with Gasteiger partial charge in [-0.15, -0.1) is 0 Å². The van der Waals surface area contributed by atoms with Crippen LogP contribution in [0, 0.1) is 5.92 Å². The van der Waals surface area contributed by atoms with Gasteiger partial charge >= 0.3 is 6.09 Å². The molecule has 0 unspecified atom stereocenters. The molecular formula is C21H31NO3. The molecule has 1 aromatic rings. The summed E-state index contributed by atoms with van der Waals surface area (Å²) in [5.74, 6) is -0.216. The van der Waals surface area contributed by atoms with Crippen LogP contribution in [0.3, 0.4) is 0 Å². The number of benzene rings is 1. The van der Waals surface area contributed by atoms with Crippen LogP contribution in [0.2, 0.25) is 0 Å². The summed E-state index contributed by atoms with van der Waals surface area (Å²) in [5.41, 5.74) is 1.12. The van der Waals surface area contributed by atoms with Gasteiger partial charge in [-0.3, -0.25) is 4.79 Å². The van der Waals surface area contributed by atoms with Crippen molar-refractivity contribution in [3.05, 3.63) is 35.9 Å². The van der Waals surface area contributed by atoms with Gasteiger partial charge in [0, 0.05) is 5.92 Å². The Balaban J connectivity index is 1.83. The van der Waals surface area contributed by atoms with Crippen LogP contribution >= 0.6 is 0 Å². The molecule has 0 N–H and O–H groups in total. The molecule has 2 atom stereocenters.